The molecule has 0 bridgehead atoms. The molecular formula is C18H15N3S. The van der Waals surface area contributed by atoms with Crippen molar-refractivity contribution in [1.82, 2.24) is 9.55 Å². The van der Waals surface area contributed by atoms with E-state index >= 15 is 0 Å². The second kappa shape index (κ2) is 6.50. The second-order valence-corrected chi connectivity index (χ2v) is 5.82. The number of allylic oxidation sites excluding steroid dienone is 1. The van der Waals surface area contributed by atoms with E-state index in [0.717, 1.165) is 28.5 Å². The SMILES string of the molecule is C=CCn1c(SCc2ccc(C#N)cc2)nc2ccccc21. The summed E-state index contributed by atoms with van der Waals surface area (Å²) in [6, 6.07) is 18.0. The highest BCUT2D eigenvalue weighted by Crippen LogP contribution is 2.26. The smallest absolute Gasteiger partial charge is 0.169 e. The fourth-order valence-corrected chi connectivity index (χ4v) is 3.27. The lowest BCUT2D eigenvalue weighted by Gasteiger charge is -2.06. The molecule has 0 N–H and O–H groups in total. The number of rotatable bonds is 5. The Labute approximate surface area is 133 Å². The van der Waals surface area contributed by atoms with Crippen LogP contribution in [0.3, 0.4) is 0 Å². The predicted molar refractivity (Wildman–Crippen MR) is 90.6 cm³/mol. The van der Waals surface area contributed by atoms with Gasteiger partial charge in [0, 0.05) is 12.3 Å². The highest BCUT2D eigenvalue weighted by molar-refractivity contribution is 7.98. The van der Waals surface area contributed by atoms with Gasteiger partial charge in [-0.15, -0.1) is 6.58 Å². The van der Waals surface area contributed by atoms with Crippen LogP contribution in [0.25, 0.3) is 11.0 Å². The molecule has 1 heterocycles. The molecule has 0 aliphatic rings. The summed E-state index contributed by atoms with van der Waals surface area (Å²) in [5.74, 6) is 0.826. The highest BCUT2D eigenvalue weighted by atomic mass is 32.2. The number of hydrogen-bond acceptors (Lipinski definition) is 3. The van der Waals surface area contributed by atoms with E-state index in [2.05, 4.69) is 23.3 Å². The molecule has 3 aromatic rings. The van der Waals surface area contributed by atoms with Crippen LogP contribution in [0.5, 0.6) is 0 Å². The van der Waals surface area contributed by atoms with E-state index in [1.807, 2.05) is 48.5 Å². The van der Waals surface area contributed by atoms with Gasteiger partial charge in [-0.25, -0.2) is 4.98 Å². The second-order valence-electron chi connectivity index (χ2n) is 4.88. The van der Waals surface area contributed by atoms with Crippen LogP contribution in [-0.4, -0.2) is 9.55 Å². The van der Waals surface area contributed by atoms with Crippen LogP contribution in [0.15, 0.2) is 66.3 Å². The topological polar surface area (TPSA) is 41.6 Å². The van der Waals surface area contributed by atoms with Gasteiger partial charge in [-0.3, -0.25) is 0 Å². The van der Waals surface area contributed by atoms with Crippen LogP contribution in [0, 0.1) is 11.3 Å². The minimum atomic E-state index is 0.688. The summed E-state index contributed by atoms with van der Waals surface area (Å²) in [6.07, 6.45) is 1.89. The third kappa shape index (κ3) is 2.90. The van der Waals surface area contributed by atoms with Crippen molar-refractivity contribution in [1.29, 1.82) is 5.26 Å². The van der Waals surface area contributed by atoms with Gasteiger partial charge in [-0.2, -0.15) is 5.26 Å². The van der Waals surface area contributed by atoms with Gasteiger partial charge in [0.15, 0.2) is 5.16 Å². The molecule has 3 rings (SSSR count). The lowest BCUT2D eigenvalue weighted by Crippen LogP contribution is -1.97. The Bertz CT molecular complexity index is 841. The molecule has 2 aromatic carbocycles. The highest BCUT2D eigenvalue weighted by Gasteiger charge is 2.10. The van der Waals surface area contributed by atoms with Crippen LogP contribution in [0.4, 0.5) is 0 Å². The van der Waals surface area contributed by atoms with Crippen molar-refractivity contribution in [2.45, 2.75) is 17.5 Å². The first-order valence-electron chi connectivity index (χ1n) is 7.00. The molecule has 22 heavy (non-hydrogen) atoms. The number of nitriles is 1. The molecule has 3 nitrogen and oxygen atoms in total. The minimum absolute atomic E-state index is 0.688. The zero-order chi connectivity index (χ0) is 15.4. The summed E-state index contributed by atoms with van der Waals surface area (Å²) in [5.41, 5.74) is 4.00. The molecule has 4 heteroatoms. The Kier molecular flexibility index (Phi) is 4.27. The maximum Gasteiger partial charge on any atom is 0.169 e. The first-order valence-corrected chi connectivity index (χ1v) is 7.98. The molecule has 0 saturated heterocycles. The number of hydrogen-bond donors (Lipinski definition) is 0. The van der Waals surface area contributed by atoms with E-state index < -0.39 is 0 Å². The zero-order valence-corrected chi connectivity index (χ0v) is 12.9. The number of imidazole rings is 1. The van der Waals surface area contributed by atoms with E-state index in [4.69, 9.17) is 10.2 Å². The summed E-state index contributed by atoms with van der Waals surface area (Å²) in [7, 11) is 0. The molecule has 0 atom stereocenters. The van der Waals surface area contributed by atoms with Gasteiger partial charge >= 0.3 is 0 Å². The van der Waals surface area contributed by atoms with E-state index in [9.17, 15) is 0 Å². The lowest BCUT2D eigenvalue weighted by molar-refractivity contribution is 0.748. The van der Waals surface area contributed by atoms with Gasteiger partial charge in [0.1, 0.15) is 0 Å². The van der Waals surface area contributed by atoms with Crippen molar-refractivity contribution in [3.05, 3.63) is 72.3 Å². The average molecular weight is 305 g/mol. The normalized spacial score (nSPS) is 10.5. The maximum atomic E-state index is 8.83. The van der Waals surface area contributed by atoms with Crippen molar-refractivity contribution in [2.75, 3.05) is 0 Å². The standard InChI is InChI=1S/C18H15N3S/c1-2-11-21-17-6-4-3-5-16(17)20-18(21)22-13-15-9-7-14(12-19)8-10-15/h2-10H,1,11,13H2. The number of nitrogens with zero attached hydrogens (tertiary/aromatic N) is 3. The lowest BCUT2D eigenvalue weighted by atomic mass is 10.2. The Hall–Kier alpha value is -2.51. The van der Waals surface area contributed by atoms with E-state index in [0.29, 0.717) is 5.56 Å². The maximum absolute atomic E-state index is 8.83. The van der Waals surface area contributed by atoms with Crippen molar-refractivity contribution in [2.24, 2.45) is 0 Å². The van der Waals surface area contributed by atoms with Gasteiger partial charge < -0.3 is 4.57 Å². The molecule has 0 saturated carbocycles. The van der Waals surface area contributed by atoms with E-state index in [1.165, 1.54) is 5.56 Å². The van der Waals surface area contributed by atoms with Gasteiger partial charge in [0.2, 0.25) is 0 Å². The zero-order valence-electron chi connectivity index (χ0n) is 12.1. The molecule has 0 fully saturated rings. The first kappa shape index (κ1) is 14.4. The van der Waals surface area contributed by atoms with Crippen LogP contribution in [0.1, 0.15) is 11.1 Å². The number of para-hydroxylation sites is 2. The van der Waals surface area contributed by atoms with Crippen molar-refractivity contribution >= 4 is 22.8 Å². The van der Waals surface area contributed by atoms with Gasteiger partial charge in [0.25, 0.3) is 0 Å². The van der Waals surface area contributed by atoms with Crippen LogP contribution in [0.2, 0.25) is 0 Å². The Balaban J connectivity index is 1.84. The molecule has 108 valence electrons. The summed E-state index contributed by atoms with van der Waals surface area (Å²) < 4.78 is 2.18. The minimum Gasteiger partial charge on any atom is -0.315 e. The van der Waals surface area contributed by atoms with Crippen LogP contribution >= 0.6 is 11.8 Å². The number of fused-ring (bicyclic) bond motifs is 1. The van der Waals surface area contributed by atoms with Crippen LogP contribution in [-0.2, 0) is 12.3 Å². The van der Waals surface area contributed by atoms with Crippen molar-refractivity contribution in [3.8, 4) is 6.07 Å². The van der Waals surface area contributed by atoms with Crippen molar-refractivity contribution < 1.29 is 0 Å². The summed E-state index contributed by atoms with van der Waals surface area (Å²) in [6.45, 7) is 4.58. The Morgan fingerprint density at radius 1 is 1.18 bits per heavy atom. The molecule has 0 aliphatic carbocycles. The number of thioether (sulfide) groups is 1. The molecular weight excluding hydrogens is 290 g/mol. The molecule has 0 aliphatic heterocycles. The fraction of sp³-hybridized carbons (Fsp3) is 0.111. The van der Waals surface area contributed by atoms with E-state index in [1.54, 1.807) is 11.8 Å². The molecule has 0 radical (unpaired) electrons. The largest absolute Gasteiger partial charge is 0.315 e. The molecule has 0 amide bonds. The van der Waals surface area contributed by atoms with Crippen molar-refractivity contribution in [3.63, 3.8) is 0 Å². The van der Waals surface area contributed by atoms with E-state index in [-0.39, 0.29) is 0 Å². The van der Waals surface area contributed by atoms with Gasteiger partial charge in [0.05, 0.1) is 22.7 Å². The fourth-order valence-electron chi connectivity index (χ4n) is 2.29. The third-order valence-electron chi connectivity index (χ3n) is 3.38. The Morgan fingerprint density at radius 2 is 1.95 bits per heavy atom. The monoisotopic (exact) mass is 305 g/mol. The third-order valence-corrected chi connectivity index (χ3v) is 4.43. The van der Waals surface area contributed by atoms with Crippen LogP contribution < -0.4 is 0 Å². The Morgan fingerprint density at radius 3 is 2.68 bits per heavy atom. The quantitative estimate of drug-likeness (QED) is 0.518. The molecule has 1 aromatic heterocycles. The van der Waals surface area contributed by atoms with Gasteiger partial charge in [-0.05, 0) is 29.8 Å². The predicted octanol–water partition coefficient (Wildman–Crippen LogP) is 4.39. The molecule has 0 spiro atoms. The number of benzene rings is 2. The molecule has 0 unspecified atom stereocenters. The average Bonchev–Trinajstić information content (AvgIpc) is 2.92. The summed E-state index contributed by atoms with van der Waals surface area (Å²) >= 11 is 1.70. The van der Waals surface area contributed by atoms with Gasteiger partial charge in [-0.1, -0.05) is 42.1 Å². The summed E-state index contributed by atoms with van der Waals surface area (Å²) in [5, 5.41) is 9.83. The first-order chi connectivity index (χ1) is 10.8. The summed E-state index contributed by atoms with van der Waals surface area (Å²) in [4.78, 5) is 4.71. The number of aromatic nitrogens is 2.